The number of thiophene rings is 1. The van der Waals surface area contributed by atoms with E-state index in [2.05, 4.69) is 21.0 Å². The van der Waals surface area contributed by atoms with Gasteiger partial charge in [0.15, 0.2) is 0 Å². The molecule has 7 nitrogen and oxygen atoms in total. The number of rotatable bonds is 9. The third-order valence-corrected chi connectivity index (χ3v) is 6.55. The summed E-state index contributed by atoms with van der Waals surface area (Å²) in [5, 5.41) is 3.00. The van der Waals surface area contributed by atoms with Crippen LogP contribution in [0, 0.1) is 0 Å². The van der Waals surface area contributed by atoms with Gasteiger partial charge in [-0.2, -0.15) is 0 Å². The zero-order valence-electron chi connectivity index (χ0n) is 16.5. The fourth-order valence-electron chi connectivity index (χ4n) is 3.14. The van der Waals surface area contributed by atoms with Gasteiger partial charge < -0.3 is 10.1 Å². The van der Waals surface area contributed by atoms with Crippen molar-refractivity contribution in [2.45, 2.75) is 19.5 Å². The minimum Gasteiger partial charge on any atom is -0.379 e. The molecule has 0 saturated carbocycles. The molecule has 1 aromatic heterocycles. The zero-order valence-corrected chi connectivity index (χ0v) is 18.2. The molecule has 0 atom stereocenters. The van der Waals surface area contributed by atoms with Crippen molar-refractivity contribution in [1.82, 2.24) is 14.9 Å². The lowest BCUT2D eigenvalue weighted by Crippen LogP contribution is -2.36. The fraction of sp³-hybridized carbons (Fsp3) is 0.450. The van der Waals surface area contributed by atoms with Crippen LogP contribution in [0.3, 0.4) is 0 Å². The second-order valence-electron chi connectivity index (χ2n) is 7.02. The lowest BCUT2D eigenvalue weighted by atomic mass is 10.1. The predicted molar refractivity (Wildman–Crippen MR) is 115 cm³/mol. The normalized spacial score (nSPS) is 15.3. The van der Waals surface area contributed by atoms with Gasteiger partial charge in [0.2, 0.25) is 10.0 Å². The number of benzene rings is 1. The highest BCUT2D eigenvalue weighted by Crippen LogP contribution is 2.18. The van der Waals surface area contributed by atoms with Crippen LogP contribution in [0.1, 0.15) is 25.7 Å². The Hall–Kier alpha value is -1.78. The number of hydrogen-bond donors (Lipinski definition) is 2. The summed E-state index contributed by atoms with van der Waals surface area (Å²) in [4.78, 5) is 16.5. The number of ether oxygens (including phenoxy) is 1. The Morgan fingerprint density at radius 2 is 1.86 bits per heavy atom. The van der Waals surface area contributed by atoms with Gasteiger partial charge in [0.1, 0.15) is 0 Å². The smallest absolute Gasteiger partial charge is 0.261 e. The lowest BCUT2D eigenvalue weighted by molar-refractivity contribution is 0.0340. The maximum atomic E-state index is 12.5. The average Bonchev–Trinajstić information content (AvgIpc) is 3.16. The third-order valence-electron chi connectivity index (χ3n) is 4.68. The molecule has 3 rings (SSSR count). The summed E-state index contributed by atoms with van der Waals surface area (Å²) in [5.41, 5.74) is 2.33. The number of amides is 1. The molecule has 1 aliphatic heterocycles. The number of nitrogens with one attached hydrogen (secondary N) is 2. The van der Waals surface area contributed by atoms with Crippen LogP contribution in [0.25, 0.3) is 0 Å². The SMILES string of the molecule is CS(=O)(=O)NCCc1ccc(C(=O)NCc2ccccc2CN2CCOCC2)s1. The Kier molecular flexibility index (Phi) is 7.79. The number of hydrogen-bond acceptors (Lipinski definition) is 6. The van der Waals surface area contributed by atoms with Crippen molar-refractivity contribution >= 4 is 27.3 Å². The number of sulfonamides is 1. The number of carbonyl (C=O) groups excluding carboxylic acids is 1. The Bertz CT molecular complexity index is 921. The van der Waals surface area contributed by atoms with Gasteiger partial charge in [0.05, 0.1) is 24.3 Å². The molecule has 2 aromatic rings. The maximum absolute atomic E-state index is 12.5. The van der Waals surface area contributed by atoms with E-state index in [-0.39, 0.29) is 5.91 Å². The van der Waals surface area contributed by atoms with Crippen molar-refractivity contribution in [3.63, 3.8) is 0 Å². The number of nitrogens with zero attached hydrogens (tertiary/aromatic N) is 1. The molecule has 1 aliphatic rings. The van der Waals surface area contributed by atoms with Crippen molar-refractivity contribution in [3.05, 3.63) is 57.3 Å². The van der Waals surface area contributed by atoms with Gasteiger partial charge in [-0.05, 0) is 29.7 Å². The summed E-state index contributed by atoms with van der Waals surface area (Å²) in [7, 11) is -3.19. The minimum atomic E-state index is -3.19. The molecule has 0 bridgehead atoms. The van der Waals surface area contributed by atoms with Crippen molar-refractivity contribution in [2.75, 3.05) is 39.1 Å². The van der Waals surface area contributed by atoms with Gasteiger partial charge in [-0.25, -0.2) is 13.1 Å². The highest BCUT2D eigenvalue weighted by Gasteiger charge is 2.14. The quantitative estimate of drug-likeness (QED) is 0.622. The summed E-state index contributed by atoms with van der Waals surface area (Å²) in [6.45, 7) is 5.03. The Morgan fingerprint density at radius 3 is 2.59 bits per heavy atom. The molecule has 2 N–H and O–H groups in total. The van der Waals surface area contributed by atoms with Gasteiger partial charge in [-0.3, -0.25) is 9.69 Å². The fourth-order valence-corrected chi connectivity index (χ4v) is 4.54. The van der Waals surface area contributed by atoms with Crippen molar-refractivity contribution < 1.29 is 17.9 Å². The Labute approximate surface area is 176 Å². The van der Waals surface area contributed by atoms with Crippen LogP contribution < -0.4 is 10.0 Å². The third kappa shape index (κ3) is 7.20. The number of morpholine rings is 1. The molecule has 0 unspecified atom stereocenters. The molecule has 1 saturated heterocycles. The molecule has 2 heterocycles. The lowest BCUT2D eigenvalue weighted by Gasteiger charge is -2.27. The molecule has 1 fully saturated rings. The van der Waals surface area contributed by atoms with Gasteiger partial charge in [0, 0.05) is 37.6 Å². The summed E-state index contributed by atoms with van der Waals surface area (Å²) in [5.74, 6) is -0.113. The minimum absolute atomic E-state index is 0.113. The molecular weight excluding hydrogens is 410 g/mol. The molecule has 9 heteroatoms. The van der Waals surface area contributed by atoms with Gasteiger partial charge in [-0.15, -0.1) is 11.3 Å². The van der Waals surface area contributed by atoms with E-state index in [0.29, 0.717) is 24.4 Å². The van der Waals surface area contributed by atoms with Gasteiger partial charge >= 0.3 is 0 Å². The van der Waals surface area contributed by atoms with Crippen LogP contribution in [0.15, 0.2) is 36.4 Å². The monoisotopic (exact) mass is 437 g/mol. The first-order chi connectivity index (χ1) is 13.9. The first-order valence-electron chi connectivity index (χ1n) is 9.59. The molecule has 29 heavy (non-hydrogen) atoms. The van der Waals surface area contributed by atoms with E-state index in [1.807, 2.05) is 24.3 Å². The molecular formula is C20H27N3O4S2. The highest BCUT2D eigenvalue weighted by molar-refractivity contribution is 7.88. The zero-order chi connectivity index (χ0) is 20.7. The molecule has 0 aliphatic carbocycles. The van der Waals surface area contributed by atoms with Crippen molar-refractivity contribution in [1.29, 1.82) is 0 Å². The van der Waals surface area contributed by atoms with E-state index in [1.54, 1.807) is 6.07 Å². The van der Waals surface area contributed by atoms with E-state index in [1.165, 1.54) is 16.9 Å². The number of carbonyl (C=O) groups is 1. The molecule has 0 spiro atoms. The van der Waals surface area contributed by atoms with Crippen LogP contribution in [0.2, 0.25) is 0 Å². The van der Waals surface area contributed by atoms with E-state index in [0.717, 1.165) is 49.5 Å². The topological polar surface area (TPSA) is 87.7 Å². The Morgan fingerprint density at radius 1 is 1.14 bits per heavy atom. The molecule has 1 aromatic carbocycles. The van der Waals surface area contributed by atoms with E-state index in [9.17, 15) is 13.2 Å². The second-order valence-corrected chi connectivity index (χ2v) is 10.0. The largest absolute Gasteiger partial charge is 0.379 e. The van der Waals surface area contributed by atoms with Crippen LogP contribution >= 0.6 is 11.3 Å². The van der Waals surface area contributed by atoms with Crippen molar-refractivity contribution in [2.24, 2.45) is 0 Å². The van der Waals surface area contributed by atoms with Crippen LogP contribution in [-0.4, -0.2) is 58.3 Å². The van der Waals surface area contributed by atoms with Crippen LogP contribution in [0.4, 0.5) is 0 Å². The Balaban J connectivity index is 1.53. The first-order valence-corrected chi connectivity index (χ1v) is 12.3. The predicted octanol–water partition coefficient (Wildman–Crippen LogP) is 1.60. The highest BCUT2D eigenvalue weighted by atomic mass is 32.2. The average molecular weight is 438 g/mol. The summed E-state index contributed by atoms with van der Waals surface area (Å²) >= 11 is 1.39. The van der Waals surface area contributed by atoms with Crippen LogP contribution in [-0.2, 0) is 34.3 Å². The summed E-state index contributed by atoms with van der Waals surface area (Å²) < 4.78 is 30.1. The summed E-state index contributed by atoms with van der Waals surface area (Å²) in [6.07, 6.45) is 1.70. The van der Waals surface area contributed by atoms with E-state index < -0.39 is 10.0 Å². The van der Waals surface area contributed by atoms with E-state index >= 15 is 0 Å². The first kappa shape index (κ1) is 21.9. The second kappa shape index (κ2) is 10.3. The molecule has 1 amide bonds. The standard InChI is InChI=1S/C20H27N3O4S2/c1-29(25,26)22-9-8-18-6-7-19(28-18)20(24)21-14-16-4-2-3-5-17(16)15-23-10-12-27-13-11-23/h2-7,22H,8-15H2,1H3,(H,21,24). The van der Waals surface area contributed by atoms with E-state index in [4.69, 9.17) is 4.74 Å². The van der Waals surface area contributed by atoms with Gasteiger partial charge in [0.25, 0.3) is 5.91 Å². The van der Waals surface area contributed by atoms with Gasteiger partial charge in [-0.1, -0.05) is 24.3 Å². The molecule has 0 radical (unpaired) electrons. The van der Waals surface area contributed by atoms with Crippen molar-refractivity contribution in [3.8, 4) is 0 Å². The maximum Gasteiger partial charge on any atom is 0.261 e. The van der Waals surface area contributed by atoms with Crippen LogP contribution in [0.5, 0.6) is 0 Å². The molecule has 158 valence electrons. The summed E-state index contributed by atoms with van der Waals surface area (Å²) in [6, 6.07) is 11.8.